The Kier molecular flexibility index (Phi) is 5.59. The molecule has 1 aromatic rings. The van der Waals surface area contributed by atoms with Crippen LogP contribution in [-0.4, -0.2) is 41.9 Å². The number of benzene rings is 1. The maximum Gasteiger partial charge on any atom is 0.573 e. The Morgan fingerprint density at radius 1 is 1.30 bits per heavy atom. The molecular weight excluding hydrogens is 281 g/mol. The summed E-state index contributed by atoms with van der Waals surface area (Å²) < 4.78 is 39.4. The van der Waals surface area contributed by atoms with Crippen molar-refractivity contribution in [3.05, 3.63) is 24.3 Å². The second kappa shape index (κ2) is 6.96. The molecule has 20 heavy (non-hydrogen) atoms. The monoisotopic (exact) mass is 294 g/mol. The minimum atomic E-state index is -4.77. The van der Waals surface area contributed by atoms with Crippen LogP contribution in [0.25, 0.3) is 0 Å². The van der Waals surface area contributed by atoms with Gasteiger partial charge in [0.2, 0.25) is 0 Å². The van der Waals surface area contributed by atoms with Crippen molar-refractivity contribution in [2.75, 3.05) is 18.5 Å². The highest BCUT2D eigenvalue weighted by molar-refractivity contribution is 5.89. The highest BCUT2D eigenvalue weighted by Crippen LogP contribution is 2.23. The molecule has 0 heterocycles. The summed E-state index contributed by atoms with van der Waals surface area (Å²) in [7, 11) is 0. The number of alkyl halides is 3. The summed E-state index contributed by atoms with van der Waals surface area (Å²) in [6, 6.07) is 3.88. The number of anilines is 1. The first-order chi connectivity index (χ1) is 9.30. The van der Waals surface area contributed by atoms with E-state index in [2.05, 4.69) is 15.4 Å². The number of nitrogens with one attached hydrogen (secondary N) is 2. The molecule has 9 heteroatoms. The van der Waals surface area contributed by atoms with E-state index in [4.69, 9.17) is 10.2 Å². The van der Waals surface area contributed by atoms with Gasteiger partial charge in [-0.3, -0.25) is 0 Å². The van der Waals surface area contributed by atoms with Gasteiger partial charge in [0.25, 0.3) is 0 Å². The van der Waals surface area contributed by atoms with Crippen molar-refractivity contribution in [3.8, 4) is 5.75 Å². The van der Waals surface area contributed by atoms with E-state index >= 15 is 0 Å². The lowest BCUT2D eigenvalue weighted by Gasteiger charge is -2.11. The molecule has 1 unspecified atom stereocenters. The fourth-order valence-corrected chi connectivity index (χ4v) is 1.19. The summed E-state index contributed by atoms with van der Waals surface area (Å²) >= 11 is 0. The average Bonchev–Trinajstić information content (AvgIpc) is 2.36. The van der Waals surface area contributed by atoms with Gasteiger partial charge >= 0.3 is 12.4 Å². The summed E-state index contributed by atoms with van der Waals surface area (Å²) in [4.78, 5) is 11.3. The van der Waals surface area contributed by atoms with E-state index in [-0.39, 0.29) is 12.2 Å². The van der Waals surface area contributed by atoms with Crippen molar-refractivity contribution in [2.45, 2.75) is 12.5 Å². The zero-order valence-corrected chi connectivity index (χ0v) is 10.1. The zero-order chi connectivity index (χ0) is 15.2. The molecule has 0 aliphatic rings. The number of hydrogen-bond acceptors (Lipinski definition) is 4. The molecule has 1 rings (SSSR count). The van der Waals surface area contributed by atoms with Crippen LogP contribution in [0, 0.1) is 0 Å². The second-order valence-corrected chi connectivity index (χ2v) is 3.74. The Hall–Kier alpha value is -2.00. The van der Waals surface area contributed by atoms with E-state index in [0.717, 1.165) is 12.1 Å². The minimum absolute atomic E-state index is 0.155. The molecule has 0 aliphatic carbocycles. The van der Waals surface area contributed by atoms with Crippen LogP contribution in [0.5, 0.6) is 5.75 Å². The molecule has 0 saturated carbocycles. The Labute approximate surface area is 112 Å². The predicted molar refractivity (Wildman–Crippen MR) is 63.2 cm³/mol. The van der Waals surface area contributed by atoms with Crippen LogP contribution in [0.2, 0.25) is 0 Å². The standard InChI is InChI=1S/C11H13F3N2O4/c12-11(13,14)20-9-3-1-7(2-4-9)16-10(19)15-5-8(18)6-17/h1-4,8,17-18H,5-6H2,(H2,15,16,19). The Morgan fingerprint density at radius 3 is 2.40 bits per heavy atom. The third-order valence-corrected chi connectivity index (χ3v) is 2.05. The molecule has 0 radical (unpaired) electrons. The number of carbonyl (C=O) groups is 1. The SMILES string of the molecule is O=C(NCC(O)CO)Nc1ccc(OC(F)(F)F)cc1. The molecule has 0 spiro atoms. The normalized spacial score (nSPS) is 12.7. The van der Waals surface area contributed by atoms with Gasteiger partial charge in [0.15, 0.2) is 0 Å². The van der Waals surface area contributed by atoms with Crippen molar-refractivity contribution >= 4 is 11.7 Å². The number of halogens is 3. The van der Waals surface area contributed by atoms with Crippen LogP contribution >= 0.6 is 0 Å². The number of carbonyl (C=O) groups excluding carboxylic acids is 1. The van der Waals surface area contributed by atoms with Gasteiger partial charge < -0.3 is 25.6 Å². The van der Waals surface area contributed by atoms with Crippen LogP contribution in [0.1, 0.15) is 0 Å². The third kappa shape index (κ3) is 6.25. The zero-order valence-electron chi connectivity index (χ0n) is 10.1. The molecule has 1 aromatic carbocycles. The van der Waals surface area contributed by atoms with Gasteiger partial charge in [-0.05, 0) is 24.3 Å². The highest BCUT2D eigenvalue weighted by atomic mass is 19.4. The lowest BCUT2D eigenvalue weighted by molar-refractivity contribution is -0.274. The Balaban J connectivity index is 2.47. The molecule has 0 fully saturated rings. The van der Waals surface area contributed by atoms with E-state index in [1.165, 1.54) is 12.1 Å². The molecule has 0 saturated heterocycles. The number of urea groups is 1. The topological polar surface area (TPSA) is 90.8 Å². The number of hydrogen-bond donors (Lipinski definition) is 4. The summed E-state index contributed by atoms with van der Waals surface area (Å²) in [6.07, 6.45) is -5.85. The van der Waals surface area contributed by atoms with Gasteiger partial charge in [0.1, 0.15) is 5.75 Å². The van der Waals surface area contributed by atoms with Gasteiger partial charge in [-0.1, -0.05) is 0 Å². The smallest absolute Gasteiger partial charge is 0.406 e. The molecular formula is C11H13F3N2O4. The Morgan fingerprint density at radius 2 is 1.90 bits per heavy atom. The second-order valence-electron chi connectivity index (χ2n) is 3.74. The highest BCUT2D eigenvalue weighted by Gasteiger charge is 2.30. The first-order valence-electron chi connectivity index (χ1n) is 5.50. The van der Waals surface area contributed by atoms with Crippen molar-refractivity contribution < 1.29 is 32.9 Å². The number of aliphatic hydroxyl groups is 2. The van der Waals surface area contributed by atoms with Crippen LogP contribution in [0.15, 0.2) is 24.3 Å². The number of rotatable bonds is 5. The largest absolute Gasteiger partial charge is 0.573 e. The predicted octanol–water partition coefficient (Wildman–Crippen LogP) is 1.06. The average molecular weight is 294 g/mol. The summed E-state index contributed by atoms with van der Waals surface area (Å²) in [6.45, 7) is -0.651. The maximum absolute atomic E-state index is 11.9. The van der Waals surface area contributed by atoms with E-state index in [0.29, 0.717) is 0 Å². The molecule has 0 aromatic heterocycles. The van der Waals surface area contributed by atoms with E-state index in [9.17, 15) is 18.0 Å². The van der Waals surface area contributed by atoms with Gasteiger partial charge in [-0.15, -0.1) is 13.2 Å². The molecule has 0 bridgehead atoms. The van der Waals surface area contributed by atoms with Gasteiger partial charge in [0.05, 0.1) is 12.7 Å². The number of aliphatic hydroxyl groups excluding tert-OH is 2. The molecule has 112 valence electrons. The third-order valence-electron chi connectivity index (χ3n) is 2.05. The fraction of sp³-hybridized carbons (Fsp3) is 0.364. The number of ether oxygens (including phenoxy) is 1. The molecule has 6 nitrogen and oxygen atoms in total. The first-order valence-corrected chi connectivity index (χ1v) is 5.50. The van der Waals surface area contributed by atoms with Gasteiger partial charge in [-0.2, -0.15) is 0 Å². The lowest BCUT2D eigenvalue weighted by Crippen LogP contribution is -2.36. The van der Waals surface area contributed by atoms with Gasteiger partial charge in [-0.25, -0.2) is 4.79 Å². The van der Waals surface area contributed by atoms with Crippen LogP contribution in [0.3, 0.4) is 0 Å². The quantitative estimate of drug-likeness (QED) is 0.653. The minimum Gasteiger partial charge on any atom is -0.406 e. The Bertz CT molecular complexity index is 436. The van der Waals surface area contributed by atoms with Crippen molar-refractivity contribution in [2.24, 2.45) is 0 Å². The molecule has 1 atom stereocenters. The van der Waals surface area contributed by atoms with Crippen LogP contribution in [0.4, 0.5) is 23.7 Å². The van der Waals surface area contributed by atoms with Crippen LogP contribution < -0.4 is 15.4 Å². The molecule has 0 aliphatic heterocycles. The van der Waals surface area contributed by atoms with Crippen LogP contribution in [-0.2, 0) is 0 Å². The first kappa shape index (κ1) is 16.1. The van der Waals surface area contributed by atoms with Crippen molar-refractivity contribution in [1.29, 1.82) is 0 Å². The summed E-state index contributed by atoms with van der Waals surface area (Å²) in [5.74, 6) is -0.404. The summed E-state index contributed by atoms with van der Waals surface area (Å²) in [5.41, 5.74) is 0.246. The summed E-state index contributed by atoms with van der Waals surface area (Å²) in [5, 5.41) is 22.1. The van der Waals surface area contributed by atoms with Gasteiger partial charge in [0, 0.05) is 12.2 Å². The van der Waals surface area contributed by atoms with E-state index in [1.54, 1.807) is 0 Å². The van der Waals surface area contributed by atoms with E-state index in [1.807, 2.05) is 0 Å². The maximum atomic E-state index is 11.9. The molecule has 2 amide bonds. The number of amides is 2. The van der Waals surface area contributed by atoms with Crippen molar-refractivity contribution in [3.63, 3.8) is 0 Å². The fourth-order valence-electron chi connectivity index (χ4n) is 1.19. The van der Waals surface area contributed by atoms with E-state index < -0.39 is 30.9 Å². The molecule has 4 N–H and O–H groups in total. The lowest BCUT2D eigenvalue weighted by atomic mass is 10.3. The van der Waals surface area contributed by atoms with Crippen molar-refractivity contribution in [1.82, 2.24) is 5.32 Å².